The number of nitrogens with zero attached hydrogens (tertiary/aromatic N) is 1. The predicted octanol–water partition coefficient (Wildman–Crippen LogP) is 3.27. The largest absolute Gasteiger partial charge is 0.480 e. The highest BCUT2D eigenvalue weighted by atomic mass is 16.6. The van der Waals surface area contributed by atoms with Gasteiger partial charge in [0.15, 0.2) is 6.61 Å². The third kappa shape index (κ3) is 3.90. The van der Waals surface area contributed by atoms with E-state index in [4.69, 9.17) is 9.94 Å². The van der Waals surface area contributed by atoms with Crippen molar-refractivity contribution in [1.82, 2.24) is 5.32 Å². The molecule has 7 nitrogen and oxygen atoms in total. The van der Waals surface area contributed by atoms with Crippen LogP contribution in [0.2, 0.25) is 0 Å². The van der Waals surface area contributed by atoms with Gasteiger partial charge in [0.2, 0.25) is 0 Å². The number of hydrogen-bond donors (Lipinski definition) is 3. The lowest BCUT2D eigenvalue weighted by Crippen LogP contribution is -2.51. The Bertz CT molecular complexity index is 808. The first-order chi connectivity index (χ1) is 14.6. The molecule has 3 N–H and O–H groups in total. The number of fused-ring (bicyclic) bond motifs is 5. The second kappa shape index (κ2) is 8.23. The van der Waals surface area contributed by atoms with Crippen molar-refractivity contribution in [3.63, 3.8) is 0 Å². The lowest BCUT2D eigenvalue weighted by Gasteiger charge is -2.57. The summed E-state index contributed by atoms with van der Waals surface area (Å²) in [5.74, 6) is 0.442. The quantitative estimate of drug-likeness (QED) is 0.578. The minimum Gasteiger partial charge on any atom is -0.480 e. The van der Waals surface area contributed by atoms with Crippen molar-refractivity contribution in [2.24, 2.45) is 33.7 Å². The Morgan fingerprint density at radius 1 is 1.19 bits per heavy atom. The first-order valence-corrected chi connectivity index (χ1v) is 11.8. The molecular weight excluding hydrogens is 396 g/mol. The average molecular weight is 433 g/mol. The van der Waals surface area contributed by atoms with E-state index in [1.807, 2.05) is 0 Å². The molecule has 3 fully saturated rings. The summed E-state index contributed by atoms with van der Waals surface area (Å²) in [6.45, 7) is 5.86. The molecule has 7 atom stereocenters. The summed E-state index contributed by atoms with van der Waals surface area (Å²) in [5.41, 5.74) is 2.60. The van der Waals surface area contributed by atoms with Gasteiger partial charge in [-0.15, -0.1) is 0 Å². The molecule has 3 saturated carbocycles. The topological polar surface area (TPSA) is 108 Å². The van der Waals surface area contributed by atoms with E-state index in [1.54, 1.807) is 0 Å². The SMILES string of the molecule is CC(NC(=O)CON=C1C=C2CCC3C4CCC(O)[C@@]4(C)CCC3[C@@]2(C)CC1)C(=O)O. The van der Waals surface area contributed by atoms with E-state index in [-0.39, 0.29) is 23.5 Å². The highest BCUT2D eigenvalue weighted by Crippen LogP contribution is 2.65. The van der Waals surface area contributed by atoms with E-state index in [1.165, 1.54) is 25.3 Å². The fraction of sp³-hybridized carbons (Fsp3) is 0.792. The molecular formula is C24H36N2O5. The Labute approximate surface area is 184 Å². The van der Waals surface area contributed by atoms with Crippen LogP contribution in [0.3, 0.4) is 0 Å². The lowest BCUT2D eigenvalue weighted by molar-refractivity contribution is -0.142. The zero-order valence-corrected chi connectivity index (χ0v) is 18.9. The molecule has 4 rings (SSSR count). The number of carbonyl (C=O) groups excluding carboxylic acids is 1. The molecule has 0 radical (unpaired) electrons. The van der Waals surface area contributed by atoms with Gasteiger partial charge < -0.3 is 20.4 Å². The maximum atomic E-state index is 11.8. The molecule has 0 spiro atoms. The van der Waals surface area contributed by atoms with Crippen molar-refractivity contribution in [2.75, 3.05) is 6.61 Å². The molecule has 0 bridgehead atoms. The zero-order valence-electron chi connectivity index (χ0n) is 18.9. The minimum atomic E-state index is -1.08. The standard InChI is InChI=1S/C24H36N2O5/c1-14(22(29)30)25-21(28)13-31-26-16-8-10-23(2)15(12-16)4-5-17-18-6-7-20(27)24(18,3)11-9-19(17)23/h12,14,17-20,27H,4-11,13H2,1-3H3,(H,25,28)(H,29,30)/t14?,17?,18?,19?,20?,23-,24-/m0/s1. The lowest BCUT2D eigenvalue weighted by atomic mass is 9.47. The molecule has 0 aliphatic heterocycles. The highest BCUT2D eigenvalue weighted by molar-refractivity contribution is 5.96. The molecule has 0 aromatic rings. The summed E-state index contributed by atoms with van der Waals surface area (Å²) in [7, 11) is 0. The number of oxime groups is 1. The molecule has 4 aliphatic rings. The van der Waals surface area contributed by atoms with E-state index < -0.39 is 17.9 Å². The molecule has 0 heterocycles. The first kappa shape index (κ1) is 22.3. The van der Waals surface area contributed by atoms with E-state index in [2.05, 4.69) is 30.4 Å². The van der Waals surface area contributed by atoms with Gasteiger partial charge in [-0.1, -0.05) is 24.6 Å². The zero-order chi connectivity index (χ0) is 22.4. The summed E-state index contributed by atoms with van der Waals surface area (Å²) < 4.78 is 0. The van der Waals surface area contributed by atoms with Crippen LogP contribution in [-0.4, -0.2) is 46.6 Å². The van der Waals surface area contributed by atoms with Gasteiger partial charge in [0.25, 0.3) is 5.91 Å². The van der Waals surface area contributed by atoms with Crippen molar-refractivity contribution in [3.05, 3.63) is 11.6 Å². The number of rotatable bonds is 5. The van der Waals surface area contributed by atoms with E-state index >= 15 is 0 Å². The summed E-state index contributed by atoms with van der Waals surface area (Å²) in [6, 6.07) is -0.949. The number of aliphatic hydroxyl groups is 1. The van der Waals surface area contributed by atoms with Crippen LogP contribution in [0, 0.1) is 28.6 Å². The number of aliphatic hydroxyl groups excluding tert-OH is 1. The van der Waals surface area contributed by atoms with Gasteiger partial charge in [-0.25, -0.2) is 0 Å². The van der Waals surface area contributed by atoms with Gasteiger partial charge >= 0.3 is 5.97 Å². The van der Waals surface area contributed by atoms with E-state index in [0.717, 1.165) is 44.2 Å². The van der Waals surface area contributed by atoms with Crippen LogP contribution < -0.4 is 5.32 Å². The molecule has 0 aromatic carbocycles. The van der Waals surface area contributed by atoms with Crippen molar-refractivity contribution < 1.29 is 24.6 Å². The Morgan fingerprint density at radius 2 is 1.97 bits per heavy atom. The molecule has 0 saturated heterocycles. The van der Waals surface area contributed by atoms with Crippen LogP contribution in [0.1, 0.15) is 72.1 Å². The normalized spacial score (nSPS) is 41.4. The van der Waals surface area contributed by atoms with Crippen LogP contribution in [0.25, 0.3) is 0 Å². The minimum absolute atomic E-state index is 0.104. The molecule has 31 heavy (non-hydrogen) atoms. The van der Waals surface area contributed by atoms with Crippen LogP contribution in [-0.2, 0) is 14.4 Å². The Kier molecular flexibility index (Phi) is 5.92. The van der Waals surface area contributed by atoms with Crippen molar-refractivity contribution >= 4 is 17.6 Å². The molecule has 5 unspecified atom stereocenters. The van der Waals surface area contributed by atoms with E-state index in [9.17, 15) is 14.7 Å². The summed E-state index contributed by atoms with van der Waals surface area (Å²) in [6.07, 6.45) is 10.6. The van der Waals surface area contributed by atoms with E-state index in [0.29, 0.717) is 17.8 Å². The Morgan fingerprint density at radius 3 is 2.71 bits per heavy atom. The number of amides is 1. The summed E-state index contributed by atoms with van der Waals surface area (Å²) in [4.78, 5) is 27.8. The summed E-state index contributed by atoms with van der Waals surface area (Å²) in [5, 5.41) is 26.0. The number of allylic oxidation sites excluding steroid dienone is 2. The van der Waals surface area contributed by atoms with Crippen LogP contribution in [0.15, 0.2) is 16.8 Å². The monoisotopic (exact) mass is 432 g/mol. The average Bonchev–Trinajstić information content (AvgIpc) is 3.02. The molecule has 172 valence electrons. The molecule has 1 amide bonds. The van der Waals surface area contributed by atoms with Crippen molar-refractivity contribution in [2.45, 2.75) is 84.3 Å². The Hall–Kier alpha value is -1.89. The molecule has 7 heteroatoms. The fourth-order valence-corrected chi connectivity index (χ4v) is 7.13. The van der Waals surface area contributed by atoms with Gasteiger partial charge in [-0.2, -0.15) is 0 Å². The fourth-order valence-electron chi connectivity index (χ4n) is 7.13. The predicted molar refractivity (Wildman–Crippen MR) is 116 cm³/mol. The van der Waals surface area contributed by atoms with Gasteiger partial charge in [0.05, 0.1) is 11.8 Å². The van der Waals surface area contributed by atoms with Gasteiger partial charge in [-0.3, -0.25) is 9.59 Å². The number of nitrogens with one attached hydrogen (secondary N) is 1. The van der Waals surface area contributed by atoms with Crippen LogP contribution in [0.4, 0.5) is 0 Å². The maximum absolute atomic E-state index is 11.8. The van der Waals surface area contributed by atoms with Crippen LogP contribution >= 0.6 is 0 Å². The third-order valence-electron chi connectivity index (χ3n) is 9.05. The maximum Gasteiger partial charge on any atom is 0.325 e. The first-order valence-electron chi connectivity index (χ1n) is 11.8. The number of carbonyl (C=O) groups is 2. The Balaban J connectivity index is 1.41. The van der Waals surface area contributed by atoms with Gasteiger partial charge in [-0.05, 0) is 93.0 Å². The smallest absolute Gasteiger partial charge is 0.325 e. The second-order valence-corrected chi connectivity index (χ2v) is 10.6. The van der Waals surface area contributed by atoms with Gasteiger partial charge in [0, 0.05) is 0 Å². The summed E-state index contributed by atoms with van der Waals surface area (Å²) >= 11 is 0. The number of aliphatic carboxylic acids is 1. The third-order valence-corrected chi connectivity index (χ3v) is 9.05. The number of carboxylic acid groups (broad SMARTS) is 1. The molecule has 4 aliphatic carbocycles. The van der Waals surface area contributed by atoms with Crippen molar-refractivity contribution in [3.8, 4) is 0 Å². The second-order valence-electron chi connectivity index (χ2n) is 10.6. The number of carboxylic acids is 1. The molecule has 0 aromatic heterocycles. The van der Waals surface area contributed by atoms with Gasteiger partial charge in [0.1, 0.15) is 6.04 Å². The highest BCUT2D eigenvalue weighted by Gasteiger charge is 2.58. The van der Waals surface area contributed by atoms with Crippen LogP contribution in [0.5, 0.6) is 0 Å². The number of hydrogen-bond acceptors (Lipinski definition) is 5. The van der Waals surface area contributed by atoms with Crippen molar-refractivity contribution in [1.29, 1.82) is 0 Å².